The second kappa shape index (κ2) is 10.7. The third-order valence-electron chi connectivity index (χ3n) is 5.68. The summed E-state index contributed by atoms with van der Waals surface area (Å²) in [6, 6.07) is 0. The summed E-state index contributed by atoms with van der Waals surface area (Å²) in [5.74, 6) is -0.127. The number of esters is 2. The lowest BCUT2D eigenvalue weighted by Gasteiger charge is -2.39. The maximum Gasteiger partial charge on any atom is 0.323 e. The topological polar surface area (TPSA) is 52.6 Å². The summed E-state index contributed by atoms with van der Waals surface area (Å²) in [7, 11) is 0. The summed E-state index contributed by atoms with van der Waals surface area (Å²) in [5, 5.41) is 0. The Morgan fingerprint density at radius 2 is 1.42 bits per heavy atom. The summed E-state index contributed by atoms with van der Waals surface area (Å²) in [6.45, 7) is 8.55. The second-order valence-corrected chi connectivity index (χ2v) is 6.97. The Kier molecular flexibility index (Phi) is 9.38. The molecule has 0 aromatic heterocycles. The van der Waals surface area contributed by atoms with Crippen LogP contribution in [0.5, 0.6) is 0 Å². The van der Waals surface area contributed by atoms with Gasteiger partial charge in [-0.3, -0.25) is 9.59 Å². The van der Waals surface area contributed by atoms with E-state index in [0.717, 1.165) is 44.9 Å². The zero-order chi connectivity index (χ0) is 18.0. The Bertz CT molecular complexity index is 363. The molecule has 0 bridgehead atoms. The molecule has 0 atom stereocenters. The van der Waals surface area contributed by atoms with Crippen molar-refractivity contribution in [3.05, 3.63) is 0 Å². The van der Waals surface area contributed by atoms with Gasteiger partial charge in [-0.2, -0.15) is 0 Å². The molecule has 1 aliphatic rings. The van der Waals surface area contributed by atoms with Gasteiger partial charge in [-0.05, 0) is 51.4 Å². The van der Waals surface area contributed by atoms with E-state index in [4.69, 9.17) is 9.47 Å². The van der Waals surface area contributed by atoms with Gasteiger partial charge in [0.1, 0.15) is 0 Å². The third-order valence-corrected chi connectivity index (χ3v) is 5.68. The average molecular weight is 341 g/mol. The number of carbonyl (C=O) groups excluding carboxylic acids is 2. The van der Waals surface area contributed by atoms with Gasteiger partial charge in [0, 0.05) is 0 Å². The number of carbonyl (C=O) groups is 2. The first-order valence-corrected chi connectivity index (χ1v) is 9.91. The molecule has 4 nitrogen and oxygen atoms in total. The molecule has 0 aromatic carbocycles. The van der Waals surface area contributed by atoms with E-state index in [1.165, 1.54) is 6.42 Å². The minimum atomic E-state index is -1.10. The minimum absolute atomic E-state index is 0.0544. The molecule has 0 N–H and O–H groups in total. The van der Waals surface area contributed by atoms with Crippen molar-refractivity contribution in [3.8, 4) is 0 Å². The highest BCUT2D eigenvalue weighted by atomic mass is 16.6. The Hall–Kier alpha value is -1.06. The van der Waals surface area contributed by atoms with Gasteiger partial charge in [-0.1, -0.05) is 46.0 Å². The Morgan fingerprint density at radius 1 is 0.917 bits per heavy atom. The molecule has 1 aliphatic carbocycles. The van der Waals surface area contributed by atoms with Crippen molar-refractivity contribution in [1.29, 1.82) is 0 Å². The van der Waals surface area contributed by atoms with E-state index in [9.17, 15) is 9.59 Å². The van der Waals surface area contributed by atoms with Crippen LogP contribution in [0, 0.1) is 17.3 Å². The lowest BCUT2D eigenvalue weighted by atomic mass is 9.65. The highest BCUT2D eigenvalue weighted by molar-refractivity contribution is 6.00. The molecule has 4 heteroatoms. The van der Waals surface area contributed by atoms with Gasteiger partial charge < -0.3 is 9.47 Å². The third kappa shape index (κ3) is 4.97. The van der Waals surface area contributed by atoms with Gasteiger partial charge in [0.15, 0.2) is 5.41 Å². The van der Waals surface area contributed by atoms with Crippen LogP contribution in [0.4, 0.5) is 0 Å². The summed E-state index contributed by atoms with van der Waals surface area (Å²) in [4.78, 5) is 25.9. The predicted molar refractivity (Wildman–Crippen MR) is 95.6 cm³/mol. The summed E-state index contributed by atoms with van der Waals surface area (Å²) in [6.07, 6.45) is 8.76. The van der Waals surface area contributed by atoms with Crippen molar-refractivity contribution in [2.75, 3.05) is 13.2 Å². The maximum absolute atomic E-state index is 12.9. The lowest BCUT2D eigenvalue weighted by molar-refractivity contribution is -0.179. The fraction of sp³-hybridized carbons (Fsp3) is 0.900. The van der Waals surface area contributed by atoms with Crippen LogP contribution >= 0.6 is 0 Å². The Morgan fingerprint density at radius 3 is 1.83 bits per heavy atom. The van der Waals surface area contributed by atoms with Crippen LogP contribution in [0.1, 0.15) is 85.5 Å². The SMILES string of the molecule is CCOC(=O)C(CCC(CC)CC)(C(=O)OCC)C1CCCCC1. The molecule has 1 fully saturated rings. The van der Waals surface area contributed by atoms with Gasteiger partial charge in [0.2, 0.25) is 0 Å². The molecule has 140 valence electrons. The van der Waals surface area contributed by atoms with E-state index in [-0.39, 0.29) is 17.9 Å². The molecule has 0 heterocycles. The van der Waals surface area contributed by atoms with E-state index in [2.05, 4.69) is 13.8 Å². The van der Waals surface area contributed by atoms with Crippen LogP contribution in [0.2, 0.25) is 0 Å². The second-order valence-electron chi connectivity index (χ2n) is 6.97. The van der Waals surface area contributed by atoms with Gasteiger partial charge in [-0.25, -0.2) is 0 Å². The zero-order valence-corrected chi connectivity index (χ0v) is 16.1. The average Bonchev–Trinajstić information content (AvgIpc) is 2.60. The van der Waals surface area contributed by atoms with E-state index in [0.29, 0.717) is 25.6 Å². The van der Waals surface area contributed by atoms with E-state index < -0.39 is 5.41 Å². The first kappa shape index (κ1) is 21.0. The maximum atomic E-state index is 12.9. The van der Waals surface area contributed by atoms with Gasteiger partial charge in [0.05, 0.1) is 13.2 Å². The molecule has 0 unspecified atom stereocenters. The molecule has 0 radical (unpaired) electrons. The molecular formula is C20H36O4. The number of ether oxygens (including phenoxy) is 2. The monoisotopic (exact) mass is 340 g/mol. The molecule has 0 spiro atoms. The zero-order valence-electron chi connectivity index (χ0n) is 16.1. The molecule has 1 saturated carbocycles. The van der Waals surface area contributed by atoms with Crippen LogP contribution in [0.3, 0.4) is 0 Å². The number of hydrogen-bond donors (Lipinski definition) is 0. The Balaban J connectivity index is 3.14. The van der Waals surface area contributed by atoms with Crippen LogP contribution in [0.15, 0.2) is 0 Å². The van der Waals surface area contributed by atoms with Crippen LogP contribution in [-0.4, -0.2) is 25.2 Å². The van der Waals surface area contributed by atoms with Crippen LogP contribution in [-0.2, 0) is 19.1 Å². The summed E-state index contributed by atoms with van der Waals surface area (Å²) < 4.78 is 10.8. The van der Waals surface area contributed by atoms with Crippen molar-refractivity contribution >= 4 is 11.9 Å². The van der Waals surface area contributed by atoms with Gasteiger partial charge >= 0.3 is 11.9 Å². The molecule has 0 aliphatic heterocycles. The van der Waals surface area contributed by atoms with Gasteiger partial charge in [-0.15, -0.1) is 0 Å². The number of rotatable bonds is 10. The van der Waals surface area contributed by atoms with E-state index in [1.807, 2.05) is 0 Å². The van der Waals surface area contributed by atoms with E-state index >= 15 is 0 Å². The standard InChI is InChI=1S/C20H36O4/c1-5-16(6-2)14-15-20(18(21)23-7-3,19(22)24-8-4)17-12-10-9-11-13-17/h16-17H,5-15H2,1-4H3. The quantitative estimate of drug-likeness (QED) is 0.419. The van der Waals surface area contributed by atoms with Crippen molar-refractivity contribution in [1.82, 2.24) is 0 Å². The fourth-order valence-corrected chi connectivity index (χ4v) is 4.07. The molecule has 1 rings (SSSR count). The van der Waals surface area contributed by atoms with Crippen LogP contribution < -0.4 is 0 Å². The van der Waals surface area contributed by atoms with Crippen molar-refractivity contribution in [3.63, 3.8) is 0 Å². The predicted octanol–water partition coefficient (Wildman–Crippen LogP) is 4.90. The minimum Gasteiger partial charge on any atom is -0.465 e. The van der Waals surface area contributed by atoms with Crippen LogP contribution in [0.25, 0.3) is 0 Å². The molecule has 0 saturated heterocycles. The first-order valence-electron chi connectivity index (χ1n) is 9.91. The van der Waals surface area contributed by atoms with Crippen molar-refractivity contribution in [2.24, 2.45) is 17.3 Å². The van der Waals surface area contributed by atoms with Gasteiger partial charge in [0.25, 0.3) is 0 Å². The molecule has 24 heavy (non-hydrogen) atoms. The summed E-state index contributed by atoms with van der Waals surface area (Å²) >= 11 is 0. The van der Waals surface area contributed by atoms with Crippen molar-refractivity contribution < 1.29 is 19.1 Å². The Labute approximate surface area is 147 Å². The smallest absolute Gasteiger partial charge is 0.323 e. The molecular weight excluding hydrogens is 304 g/mol. The molecule has 0 aromatic rings. The van der Waals surface area contributed by atoms with Crippen molar-refractivity contribution in [2.45, 2.75) is 85.5 Å². The highest BCUT2D eigenvalue weighted by Gasteiger charge is 2.54. The fourth-order valence-electron chi connectivity index (χ4n) is 4.07. The normalized spacial score (nSPS) is 16.2. The molecule has 0 amide bonds. The summed E-state index contributed by atoms with van der Waals surface area (Å²) in [5.41, 5.74) is -1.10. The lowest BCUT2D eigenvalue weighted by Crippen LogP contribution is -2.48. The number of hydrogen-bond acceptors (Lipinski definition) is 4. The first-order chi connectivity index (χ1) is 11.6. The van der Waals surface area contributed by atoms with E-state index in [1.54, 1.807) is 13.8 Å². The largest absolute Gasteiger partial charge is 0.465 e. The highest BCUT2D eigenvalue weighted by Crippen LogP contribution is 2.45.